The number of hydrogen-bond acceptors (Lipinski definition) is 3. The maximum atomic E-state index is 12.6. The molecule has 0 aliphatic heterocycles. The molecule has 21 heavy (non-hydrogen) atoms. The van der Waals surface area contributed by atoms with Gasteiger partial charge >= 0.3 is 6.18 Å². The van der Waals surface area contributed by atoms with Crippen LogP contribution in [0.3, 0.4) is 0 Å². The normalized spacial score (nSPS) is 16.5. The molecule has 118 valence electrons. The molecule has 0 atom stereocenters. The quantitative estimate of drug-likeness (QED) is 0.856. The van der Waals surface area contributed by atoms with E-state index in [4.69, 9.17) is 17.3 Å². The fourth-order valence-corrected chi connectivity index (χ4v) is 4.21. The number of benzene rings is 1. The highest BCUT2D eigenvalue weighted by Gasteiger charge is 2.45. The minimum atomic E-state index is -4.61. The Morgan fingerprint density at radius 1 is 1.38 bits per heavy atom. The Kier molecular flexibility index (Phi) is 4.16. The Hall–Kier alpha value is -0.990. The topological polar surface area (TPSA) is 63.4 Å². The number of sulfonamides is 1. The largest absolute Gasteiger partial charge is 0.402 e. The summed E-state index contributed by atoms with van der Waals surface area (Å²) in [4.78, 5) is -0.386. The van der Waals surface area contributed by atoms with E-state index < -0.39 is 28.8 Å². The second kappa shape index (κ2) is 5.33. The van der Waals surface area contributed by atoms with Crippen LogP contribution in [0.25, 0.3) is 0 Å². The maximum absolute atomic E-state index is 12.6. The first-order valence-electron chi connectivity index (χ1n) is 6.16. The van der Waals surface area contributed by atoms with E-state index in [1.165, 1.54) is 6.07 Å². The van der Waals surface area contributed by atoms with E-state index in [-0.39, 0.29) is 15.6 Å². The van der Waals surface area contributed by atoms with Gasteiger partial charge in [0, 0.05) is 11.7 Å². The first-order chi connectivity index (χ1) is 9.52. The van der Waals surface area contributed by atoms with Crippen molar-refractivity contribution < 1.29 is 21.6 Å². The van der Waals surface area contributed by atoms with Gasteiger partial charge in [-0.1, -0.05) is 11.6 Å². The van der Waals surface area contributed by atoms with Crippen molar-refractivity contribution in [3.05, 3.63) is 22.7 Å². The van der Waals surface area contributed by atoms with Crippen LogP contribution in [0.4, 0.5) is 18.9 Å². The van der Waals surface area contributed by atoms with Crippen molar-refractivity contribution in [2.24, 2.45) is 0 Å². The molecule has 9 heteroatoms. The molecule has 2 N–H and O–H groups in total. The molecule has 0 radical (unpaired) electrons. The number of halogens is 4. The molecule has 1 aliphatic carbocycles. The summed E-state index contributed by atoms with van der Waals surface area (Å²) in [6, 6.07) is 1.82. The number of hydrogen-bond donors (Lipinski definition) is 1. The Balaban J connectivity index is 2.46. The van der Waals surface area contributed by atoms with Crippen molar-refractivity contribution in [1.82, 2.24) is 4.31 Å². The van der Waals surface area contributed by atoms with Gasteiger partial charge in [-0.25, -0.2) is 8.42 Å². The van der Waals surface area contributed by atoms with Crippen molar-refractivity contribution in [2.45, 2.75) is 36.9 Å². The molecular formula is C12H14ClF3N2O2S. The summed E-state index contributed by atoms with van der Waals surface area (Å²) in [6.45, 7) is 0.107. The summed E-state index contributed by atoms with van der Waals surface area (Å²) in [7, 11) is -4.34. The molecule has 0 aromatic heterocycles. The Morgan fingerprint density at radius 2 is 1.95 bits per heavy atom. The van der Waals surface area contributed by atoms with E-state index in [9.17, 15) is 21.6 Å². The minimum absolute atomic E-state index is 0.130. The molecule has 0 unspecified atom stereocenters. The summed E-state index contributed by atoms with van der Waals surface area (Å²) in [6.07, 6.45) is -3.79. The first kappa shape index (κ1) is 16.4. The third-order valence-corrected chi connectivity index (χ3v) is 5.56. The number of alkyl halides is 3. The van der Waals surface area contributed by atoms with Gasteiger partial charge in [0.1, 0.15) is 11.4 Å². The third-order valence-electron chi connectivity index (χ3n) is 3.20. The molecule has 1 fully saturated rings. The van der Waals surface area contributed by atoms with Gasteiger partial charge < -0.3 is 5.73 Å². The van der Waals surface area contributed by atoms with Gasteiger partial charge in [0.25, 0.3) is 0 Å². The van der Waals surface area contributed by atoms with E-state index in [0.717, 1.165) is 6.07 Å². The third kappa shape index (κ3) is 3.61. The zero-order valence-electron chi connectivity index (χ0n) is 11.1. The summed E-state index contributed by atoms with van der Waals surface area (Å²) in [5, 5.41) is -0.130. The molecule has 0 spiro atoms. The minimum Gasteiger partial charge on any atom is -0.398 e. The van der Waals surface area contributed by atoms with Crippen molar-refractivity contribution in [3.8, 4) is 0 Å². The fraction of sp³-hybridized carbons (Fsp3) is 0.500. The summed E-state index contributed by atoms with van der Waals surface area (Å²) >= 11 is 5.88. The van der Waals surface area contributed by atoms with Gasteiger partial charge in [0.05, 0.1) is 5.02 Å². The first-order valence-corrected chi connectivity index (χ1v) is 7.98. The number of nitrogens with zero attached hydrogens (tertiary/aromatic N) is 1. The maximum Gasteiger partial charge on any atom is 0.402 e. The van der Waals surface area contributed by atoms with Crippen molar-refractivity contribution in [1.29, 1.82) is 0 Å². The van der Waals surface area contributed by atoms with E-state index >= 15 is 0 Å². The van der Waals surface area contributed by atoms with Crippen LogP contribution in [-0.4, -0.2) is 31.5 Å². The summed E-state index contributed by atoms with van der Waals surface area (Å²) in [5.41, 5.74) is 6.37. The van der Waals surface area contributed by atoms with Crippen LogP contribution >= 0.6 is 11.6 Å². The second-order valence-electron chi connectivity index (χ2n) is 5.04. The van der Waals surface area contributed by atoms with Gasteiger partial charge in [0.15, 0.2) is 0 Å². The van der Waals surface area contributed by atoms with E-state index in [2.05, 4.69) is 0 Å². The van der Waals surface area contributed by atoms with Crippen LogP contribution in [0, 0.1) is 6.92 Å². The zero-order valence-corrected chi connectivity index (χ0v) is 12.7. The lowest BCUT2D eigenvalue weighted by Crippen LogP contribution is -2.40. The van der Waals surface area contributed by atoms with Crippen molar-refractivity contribution in [3.63, 3.8) is 0 Å². The predicted molar refractivity (Wildman–Crippen MR) is 73.6 cm³/mol. The highest BCUT2D eigenvalue weighted by Crippen LogP contribution is 2.37. The summed E-state index contributed by atoms with van der Waals surface area (Å²) in [5.74, 6) is 0. The van der Waals surface area contributed by atoms with Crippen LogP contribution in [0.1, 0.15) is 18.4 Å². The average molecular weight is 343 g/mol. The van der Waals surface area contributed by atoms with Crippen LogP contribution in [0.2, 0.25) is 5.02 Å². The van der Waals surface area contributed by atoms with Crippen LogP contribution in [0.15, 0.2) is 17.0 Å². The molecule has 2 rings (SSSR count). The van der Waals surface area contributed by atoms with Gasteiger partial charge in [-0.15, -0.1) is 0 Å². The van der Waals surface area contributed by atoms with Gasteiger partial charge in [0.2, 0.25) is 10.0 Å². The SMILES string of the molecule is Cc1cc(Cl)c(S(=O)(=O)N(CC(F)(F)F)C2CC2)cc1N. The number of aryl methyl sites for hydroxylation is 1. The zero-order chi connectivity index (χ0) is 16.0. The number of nitrogens with two attached hydrogens (primary N) is 1. The lowest BCUT2D eigenvalue weighted by atomic mass is 10.2. The smallest absolute Gasteiger partial charge is 0.398 e. The monoisotopic (exact) mass is 342 g/mol. The van der Waals surface area contributed by atoms with Crippen molar-refractivity contribution in [2.75, 3.05) is 12.3 Å². The summed E-state index contributed by atoms with van der Waals surface area (Å²) < 4.78 is 63.2. The molecule has 1 aliphatic rings. The highest BCUT2D eigenvalue weighted by molar-refractivity contribution is 7.89. The molecule has 0 bridgehead atoms. The van der Waals surface area contributed by atoms with Gasteiger partial charge in [-0.2, -0.15) is 17.5 Å². The second-order valence-corrected chi connectivity index (χ2v) is 7.30. The molecule has 0 amide bonds. The number of nitrogen functional groups attached to an aromatic ring is 1. The Labute approximate surface area is 125 Å². The average Bonchev–Trinajstić information content (AvgIpc) is 3.13. The number of rotatable bonds is 4. The lowest BCUT2D eigenvalue weighted by Gasteiger charge is -2.24. The van der Waals surface area contributed by atoms with Gasteiger partial charge in [-0.3, -0.25) is 0 Å². The van der Waals surface area contributed by atoms with Gasteiger partial charge in [-0.05, 0) is 37.5 Å². The number of anilines is 1. The Bertz CT molecular complexity index is 657. The predicted octanol–water partition coefficient (Wildman–Crippen LogP) is 2.95. The molecule has 1 saturated carbocycles. The standard InChI is InChI=1S/C12H14ClF3N2O2S/c1-7-4-9(13)11(5-10(7)17)21(19,20)18(8-2-3-8)6-12(14,15)16/h4-5,8H,2-3,6,17H2,1H3. The van der Waals surface area contributed by atoms with Crippen molar-refractivity contribution >= 4 is 27.3 Å². The molecule has 4 nitrogen and oxygen atoms in total. The molecular weight excluding hydrogens is 329 g/mol. The molecule has 1 aromatic rings. The van der Waals surface area contributed by atoms with E-state index in [1.807, 2.05) is 0 Å². The highest BCUT2D eigenvalue weighted by atomic mass is 35.5. The van der Waals surface area contributed by atoms with Crippen LogP contribution < -0.4 is 5.73 Å². The van der Waals surface area contributed by atoms with Crippen LogP contribution in [-0.2, 0) is 10.0 Å². The molecule has 1 aromatic carbocycles. The fourth-order valence-electron chi connectivity index (χ4n) is 1.94. The van der Waals surface area contributed by atoms with E-state index in [0.29, 0.717) is 22.7 Å². The van der Waals surface area contributed by atoms with E-state index in [1.54, 1.807) is 6.92 Å². The van der Waals surface area contributed by atoms with Crippen LogP contribution in [0.5, 0.6) is 0 Å². The lowest BCUT2D eigenvalue weighted by molar-refractivity contribution is -0.137. The Morgan fingerprint density at radius 3 is 2.43 bits per heavy atom. The molecule has 0 heterocycles. The molecule has 0 saturated heterocycles.